The average molecular weight is 384 g/mol. The van der Waals surface area contributed by atoms with Crippen molar-refractivity contribution < 1.29 is 4.39 Å². The summed E-state index contributed by atoms with van der Waals surface area (Å²) < 4.78 is 14.0. The molecule has 28 heavy (non-hydrogen) atoms. The normalized spacial score (nSPS) is 17.2. The highest BCUT2D eigenvalue weighted by atomic mass is 19.1. The SMILES string of the molecule is CN=C(NCc1ccc(F)c(CN(C)C)c1)NC1CCN(c2ccccc2)C1. The van der Waals surface area contributed by atoms with Gasteiger partial charge < -0.3 is 20.4 Å². The summed E-state index contributed by atoms with van der Waals surface area (Å²) >= 11 is 0. The van der Waals surface area contributed by atoms with Crippen LogP contribution in [0, 0.1) is 5.82 Å². The second kappa shape index (κ2) is 9.55. The summed E-state index contributed by atoms with van der Waals surface area (Å²) in [5.41, 5.74) is 3.01. The largest absolute Gasteiger partial charge is 0.369 e. The Morgan fingerprint density at radius 1 is 1.21 bits per heavy atom. The van der Waals surface area contributed by atoms with E-state index < -0.39 is 0 Å². The van der Waals surface area contributed by atoms with Crippen LogP contribution in [0.1, 0.15) is 17.5 Å². The number of hydrogen-bond acceptors (Lipinski definition) is 3. The Kier molecular flexibility index (Phi) is 6.87. The molecule has 0 radical (unpaired) electrons. The van der Waals surface area contributed by atoms with Crippen LogP contribution in [-0.2, 0) is 13.1 Å². The second-order valence-electron chi connectivity index (χ2n) is 7.50. The molecular weight excluding hydrogens is 353 g/mol. The van der Waals surface area contributed by atoms with Crippen LogP contribution in [0.15, 0.2) is 53.5 Å². The van der Waals surface area contributed by atoms with Crippen LogP contribution in [0.2, 0.25) is 0 Å². The van der Waals surface area contributed by atoms with Gasteiger partial charge >= 0.3 is 0 Å². The Hall–Kier alpha value is -2.60. The number of para-hydroxylation sites is 1. The maximum absolute atomic E-state index is 14.0. The molecule has 0 aromatic heterocycles. The molecule has 5 nitrogen and oxygen atoms in total. The first-order valence-corrected chi connectivity index (χ1v) is 9.74. The zero-order valence-corrected chi connectivity index (χ0v) is 17.0. The van der Waals surface area contributed by atoms with E-state index in [0.29, 0.717) is 24.7 Å². The monoisotopic (exact) mass is 383 g/mol. The van der Waals surface area contributed by atoms with E-state index in [1.807, 2.05) is 37.2 Å². The van der Waals surface area contributed by atoms with Crippen molar-refractivity contribution in [1.82, 2.24) is 15.5 Å². The number of guanidine groups is 1. The number of aliphatic imine (C=N–C) groups is 1. The van der Waals surface area contributed by atoms with Crippen LogP contribution >= 0.6 is 0 Å². The molecule has 1 unspecified atom stereocenters. The summed E-state index contributed by atoms with van der Waals surface area (Å²) in [5.74, 6) is 0.616. The van der Waals surface area contributed by atoms with Crippen LogP contribution in [0.5, 0.6) is 0 Å². The first-order chi connectivity index (χ1) is 13.5. The average Bonchev–Trinajstić information content (AvgIpc) is 3.16. The van der Waals surface area contributed by atoms with Gasteiger partial charge in [-0.15, -0.1) is 0 Å². The van der Waals surface area contributed by atoms with Gasteiger partial charge in [-0.1, -0.05) is 24.3 Å². The smallest absolute Gasteiger partial charge is 0.191 e. The molecule has 150 valence electrons. The van der Waals surface area contributed by atoms with Crippen LogP contribution < -0.4 is 15.5 Å². The molecule has 2 N–H and O–H groups in total. The first-order valence-electron chi connectivity index (χ1n) is 9.74. The fourth-order valence-corrected chi connectivity index (χ4v) is 3.53. The van der Waals surface area contributed by atoms with Crippen LogP contribution in [0.3, 0.4) is 0 Å². The van der Waals surface area contributed by atoms with E-state index in [-0.39, 0.29) is 5.82 Å². The molecule has 2 aromatic rings. The molecule has 1 aliphatic heterocycles. The lowest BCUT2D eigenvalue weighted by atomic mass is 10.1. The molecule has 0 saturated carbocycles. The summed E-state index contributed by atoms with van der Waals surface area (Å²) in [7, 11) is 5.66. The lowest BCUT2D eigenvalue weighted by Gasteiger charge is -2.20. The maximum Gasteiger partial charge on any atom is 0.191 e. The Balaban J connectivity index is 1.53. The van der Waals surface area contributed by atoms with Gasteiger partial charge in [0.25, 0.3) is 0 Å². The molecule has 6 heteroatoms. The van der Waals surface area contributed by atoms with Gasteiger partial charge in [0.1, 0.15) is 5.82 Å². The van der Waals surface area contributed by atoms with Crippen molar-refractivity contribution in [3.8, 4) is 0 Å². The number of hydrogen-bond donors (Lipinski definition) is 2. The van der Waals surface area contributed by atoms with E-state index in [1.165, 1.54) is 5.69 Å². The molecule has 1 heterocycles. The summed E-state index contributed by atoms with van der Waals surface area (Å²) in [5, 5.41) is 6.86. The van der Waals surface area contributed by atoms with E-state index in [1.54, 1.807) is 13.1 Å². The third kappa shape index (κ3) is 5.45. The Labute approximate surface area is 167 Å². The quantitative estimate of drug-likeness (QED) is 0.595. The second-order valence-corrected chi connectivity index (χ2v) is 7.50. The predicted molar refractivity (Wildman–Crippen MR) is 114 cm³/mol. The van der Waals surface area contributed by atoms with Crippen LogP contribution in [0.25, 0.3) is 0 Å². The van der Waals surface area contributed by atoms with Gasteiger partial charge in [0.05, 0.1) is 0 Å². The number of halogens is 1. The standard InChI is InChI=1S/C22H30FN5/c1-24-22(25-14-17-9-10-21(23)18(13-17)15-27(2)3)26-19-11-12-28(16-19)20-7-5-4-6-8-20/h4-10,13,19H,11-12,14-16H2,1-3H3,(H2,24,25,26). The molecule has 3 rings (SSSR count). The zero-order valence-electron chi connectivity index (χ0n) is 17.0. The van der Waals surface area contributed by atoms with E-state index in [0.717, 1.165) is 31.0 Å². The fraction of sp³-hybridized carbons (Fsp3) is 0.409. The van der Waals surface area contributed by atoms with Crippen molar-refractivity contribution in [3.05, 3.63) is 65.5 Å². The molecule has 1 aliphatic rings. The molecule has 1 saturated heterocycles. The minimum atomic E-state index is -0.160. The molecule has 1 atom stereocenters. The van der Waals surface area contributed by atoms with Crippen LogP contribution in [0.4, 0.5) is 10.1 Å². The lowest BCUT2D eigenvalue weighted by Crippen LogP contribution is -2.44. The van der Waals surface area contributed by atoms with Gasteiger partial charge in [-0.25, -0.2) is 4.39 Å². The highest BCUT2D eigenvalue weighted by Gasteiger charge is 2.23. The molecule has 1 fully saturated rings. The minimum Gasteiger partial charge on any atom is -0.369 e. The maximum atomic E-state index is 14.0. The Bertz CT molecular complexity index is 791. The first kappa shape index (κ1) is 20.1. The van der Waals surface area contributed by atoms with Gasteiger partial charge in [0.15, 0.2) is 5.96 Å². The summed E-state index contributed by atoms with van der Waals surface area (Å²) in [6.45, 7) is 3.18. The van der Waals surface area contributed by atoms with Gasteiger partial charge in [-0.2, -0.15) is 0 Å². The molecule has 0 spiro atoms. The van der Waals surface area contributed by atoms with Gasteiger partial charge in [-0.05, 0) is 50.3 Å². The van der Waals surface area contributed by atoms with E-state index in [2.05, 4.69) is 44.8 Å². The topological polar surface area (TPSA) is 42.9 Å². The fourth-order valence-electron chi connectivity index (χ4n) is 3.53. The van der Waals surface area contributed by atoms with Crippen molar-refractivity contribution in [2.75, 3.05) is 39.1 Å². The Morgan fingerprint density at radius 3 is 2.71 bits per heavy atom. The van der Waals surface area contributed by atoms with Gasteiger partial charge in [0, 0.05) is 50.5 Å². The molecule has 0 aliphatic carbocycles. The highest BCUT2D eigenvalue weighted by molar-refractivity contribution is 5.80. The number of nitrogens with one attached hydrogen (secondary N) is 2. The number of anilines is 1. The third-order valence-corrected chi connectivity index (χ3v) is 4.93. The lowest BCUT2D eigenvalue weighted by molar-refractivity contribution is 0.392. The molecular formula is C22H30FN5. The van der Waals surface area contributed by atoms with Crippen molar-refractivity contribution in [2.24, 2.45) is 4.99 Å². The summed E-state index contributed by atoms with van der Waals surface area (Å²) in [6, 6.07) is 16.1. The molecule has 2 aromatic carbocycles. The number of rotatable bonds is 6. The van der Waals surface area contributed by atoms with Crippen molar-refractivity contribution in [1.29, 1.82) is 0 Å². The van der Waals surface area contributed by atoms with Crippen LogP contribution in [-0.4, -0.2) is 51.1 Å². The van der Waals surface area contributed by atoms with E-state index >= 15 is 0 Å². The predicted octanol–water partition coefficient (Wildman–Crippen LogP) is 2.83. The highest BCUT2D eigenvalue weighted by Crippen LogP contribution is 2.19. The number of nitrogens with zero attached hydrogens (tertiary/aromatic N) is 3. The molecule has 0 amide bonds. The van der Waals surface area contributed by atoms with Crippen molar-refractivity contribution in [2.45, 2.75) is 25.6 Å². The minimum absolute atomic E-state index is 0.160. The summed E-state index contributed by atoms with van der Waals surface area (Å²) in [6.07, 6.45) is 1.07. The van der Waals surface area contributed by atoms with Crippen molar-refractivity contribution >= 4 is 11.6 Å². The van der Waals surface area contributed by atoms with Crippen molar-refractivity contribution in [3.63, 3.8) is 0 Å². The van der Waals surface area contributed by atoms with E-state index in [9.17, 15) is 4.39 Å². The van der Waals surface area contributed by atoms with Gasteiger partial charge in [0.2, 0.25) is 0 Å². The van der Waals surface area contributed by atoms with Gasteiger partial charge in [-0.3, -0.25) is 4.99 Å². The number of benzene rings is 2. The summed E-state index contributed by atoms with van der Waals surface area (Å²) in [4.78, 5) is 8.70. The zero-order chi connectivity index (χ0) is 19.9. The van der Waals surface area contributed by atoms with E-state index in [4.69, 9.17) is 0 Å². The third-order valence-electron chi connectivity index (χ3n) is 4.93. The molecule has 0 bridgehead atoms. The Morgan fingerprint density at radius 2 is 2.00 bits per heavy atom.